The summed E-state index contributed by atoms with van der Waals surface area (Å²) in [5.74, 6) is 0.107. The number of fused-ring (bicyclic) bond motifs is 1. The summed E-state index contributed by atoms with van der Waals surface area (Å²) in [7, 11) is 0. The van der Waals surface area contributed by atoms with Crippen LogP contribution in [0.25, 0.3) is 5.65 Å². The number of carbonyl (C=O) groups is 1. The van der Waals surface area contributed by atoms with E-state index in [1.54, 1.807) is 29.7 Å². The van der Waals surface area contributed by atoms with E-state index in [-0.39, 0.29) is 12.4 Å². The van der Waals surface area contributed by atoms with Crippen molar-refractivity contribution in [2.75, 3.05) is 6.61 Å². The van der Waals surface area contributed by atoms with Gasteiger partial charge in [-0.15, -0.1) is 10.2 Å². The van der Waals surface area contributed by atoms with Crippen LogP contribution in [-0.2, 0) is 16.0 Å². The van der Waals surface area contributed by atoms with E-state index in [1.165, 1.54) is 0 Å². The number of benzene rings is 1. The first-order chi connectivity index (χ1) is 12.1. The molecule has 0 bridgehead atoms. The standard InChI is InChI=1S/C18H17ClN4O2/c1-3-25-17(24)10-15-18(22-21-14-6-4-5-12(2)9-14)23-11-13(19)7-8-16(23)20-15/h4-9,11H,3,10H2,1-2H3. The maximum Gasteiger partial charge on any atom is 0.312 e. The first-order valence-corrected chi connectivity index (χ1v) is 8.25. The highest BCUT2D eigenvalue weighted by atomic mass is 35.5. The van der Waals surface area contributed by atoms with E-state index < -0.39 is 0 Å². The Morgan fingerprint density at radius 2 is 2.12 bits per heavy atom. The number of azo groups is 1. The Hall–Kier alpha value is -2.73. The van der Waals surface area contributed by atoms with Crippen LogP contribution < -0.4 is 0 Å². The first kappa shape index (κ1) is 17.1. The molecule has 0 N–H and O–H groups in total. The summed E-state index contributed by atoms with van der Waals surface area (Å²) in [6.45, 7) is 4.07. The van der Waals surface area contributed by atoms with E-state index in [4.69, 9.17) is 16.3 Å². The minimum atomic E-state index is -0.357. The zero-order chi connectivity index (χ0) is 17.8. The van der Waals surface area contributed by atoms with Crippen LogP contribution in [0.15, 0.2) is 52.8 Å². The van der Waals surface area contributed by atoms with E-state index in [9.17, 15) is 4.79 Å². The molecule has 2 aromatic heterocycles. The van der Waals surface area contributed by atoms with Gasteiger partial charge in [0.15, 0.2) is 5.82 Å². The molecule has 1 aromatic carbocycles. The normalized spacial score (nSPS) is 11.3. The fourth-order valence-electron chi connectivity index (χ4n) is 2.42. The average molecular weight is 357 g/mol. The van der Waals surface area contributed by atoms with Gasteiger partial charge in [0.05, 0.1) is 29.4 Å². The first-order valence-electron chi connectivity index (χ1n) is 7.87. The third-order valence-electron chi connectivity index (χ3n) is 3.51. The SMILES string of the molecule is CCOC(=O)Cc1nc2ccc(Cl)cn2c1N=Nc1cccc(C)c1. The van der Waals surface area contributed by atoms with Crippen LogP contribution in [0, 0.1) is 6.92 Å². The fraction of sp³-hybridized carbons (Fsp3) is 0.222. The van der Waals surface area contributed by atoms with E-state index in [2.05, 4.69) is 15.2 Å². The molecule has 0 saturated carbocycles. The molecule has 0 fully saturated rings. The van der Waals surface area contributed by atoms with Crippen molar-refractivity contribution in [3.63, 3.8) is 0 Å². The highest BCUT2D eigenvalue weighted by Gasteiger charge is 2.16. The second-order valence-corrected chi connectivity index (χ2v) is 5.91. The number of nitrogens with zero attached hydrogens (tertiary/aromatic N) is 4. The van der Waals surface area contributed by atoms with E-state index in [0.717, 1.165) is 11.3 Å². The molecule has 0 amide bonds. The Balaban J connectivity index is 2.03. The molecule has 6 nitrogen and oxygen atoms in total. The van der Waals surface area contributed by atoms with Crippen LogP contribution in [-0.4, -0.2) is 22.0 Å². The van der Waals surface area contributed by atoms with Crippen LogP contribution in [0.5, 0.6) is 0 Å². The lowest BCUT2D eigenvalue weighted by Gasteiger charge is -2.01. The molecule has 0 atom stereocenters. The van der Waals surface area contributed by atoms with Crippen LogP contribution in [0.4, 0.5) is 11.5 Å². The molecule has 128 valence electrons. The van der Waals surface area contributed by atoms with Crippen LogP contribution in [0.2, 0.25) is 5.02 Å². The number of rotatable bonds is 5. The van der Waals surface area contributed by atoms with Gasteiger partial charge in [-0.25, -0.2) is 4.98 Å². The maximum atomic E-state index is 11.9. The fourth-order valence-corrected chi connectivity index (χ4v) is 2.58. The number of aromatic nitrogens is 2. The van der Waals surface area contributed by atoms with Crippen molar-refractivity contribution in [3.8, 4) is 0 Å². The van der Waals surface area contributed by atoms with Crippen LogP contribution in [0.1, 0.15) is 18.2 Å². The summed E-state index contributed by atoms with van der Waals surface area (Å²) in [6, 6.07) is 11.2. The van der Waals surface area contributed by atoms with Gasteiger partial charge >= 0.3 is 5.97 Å². The molecule has 0 saturated heterocycles. The van der Waals surface area contributed by atoms with Crippen molar-refractivity contribution < 1.29 is 9.53 Å². The minimum absolute atomic E-state index is 0.0231. The monoisotopic (exact) mass is 356 g/mol. The van der Waals surface area contributed by atoms with Gasteiger partial charge in [0.25, 0.3) is 0 Å². The molecule has 2 heterocycles. The number of halogens is 1. The zero-order valence-electron chi connectivity index (χ0n) is 13.9. The van der Waals surface area contributed by atoms with Crippen molar-refractivity contribution in [1.29, 1.82) is 0 Å². The Morgan fingerprint density at radius 3 is 2.88 bits per heavy atom. The Bertz CT molecular complexity index is 949. The highest BCUT2D eigenvalue weighted by molar-refractivity contribution is 6.30. The molecule has 0 aliphatic rings. The third kappa shape index (κ3) is 4.03. The number of aryl methyl sites for hydroxylation is 1. The quantitative estimate of drug-likeness (QED) is 0.486. The summed E-state index contributed by atoms with van der Waals surface area (Å²) in [6.07, 6.45) is 1.72. The maximum absolute atomic E-state index is 11.9. The lowest BCUT2D eigenvalue weighted by Crippen LogP contribution is -2.07. The zero-order valence-corrected chi connectivity index (χ0v) is 14.7. The second-order valence-electron chi connectivity index (χ2n) is 5.48. The van der Waals surface area contributed by atoms with Gasteiger partial charge < -0.3 is 4.74 Å². The van der Waals surface area contributed by atoms with E-state index in [0.29, 0.717) is 28.8 Å². The molecule has 7 heteroatoms. The van der Waals surface area contributed by atoms with Gasteiger partial charge in [0, 0.05) is 6.20 Å². The summed E-state index contributed by atoms with van der Waals surface area (Å²) in [4.78, 5) is 16.3. The molecule has 0 spiro atoms. The largest absolute Gasteiger partial charge is 0.466 e. The van der Waals surface area contributed by atoms with Gasteiger partial charge in [-0.05, 0) is 43.7 Å². The highest BCUT2D eigenvalue weighted by Crippen LogP contribution is 2.26. The summed E-state index contributed by atoms with van der Waals surface area (Å²) < 4.78 is 6.73. The molecule has 0 radical (unpaired) electrons. The Labute approximate surface area is 150 Å². The number of carbonyl (C=O) groups excluding carboxylic acids is 1. The molecule has 3 aromatic rings. The van der Waals surface area contributed by atoms with Gasteiger partial charge in [-0.3, -0.25) is 9.20 Å². The van der Waals surface area contributed by atoms with Crippen LogP contribution in [0.3, 0.4) is 0 Å². The van der Waals surface area contributed by atoms with Gasteiger partial charge in [-0.2, -0.15) is 0 Å². The van der Waals surface area contributed by atoms with Crippen molar-refractivity contribution >= 4 is 34.7 Å². The third-order valence-corrected chi connectivity index (χ3v) is 3.73. The number of ether oxygens (including phenoxy) is 1. The van der Waals surface area contributed by atoms with Gasteiger partial charge in [0.2, 0.25) is 0 Å². The summed E-state index contributed by atoms with van der Waals surface area (Å²) >= 11 is 6.08. The topological polar surface area (TPSA) is 68.3 Å². The van der Waals surface area contributed by atoms with Crippen molar-refractivity contribution in [2.24, 2.45) is 10.2 Å². The molecule has 25 heavy (non-hydrogen) atoms. The van der Waals surface area contributed by atoms with Crippen molar-refractivity contribution in [1.82, 2.24) is 9.38 Å². The van der Waals surface area contributed by atoms with E-state index >= 15 is 0 Å². The number of esters is 1. The summed E-state index contributed by atoms with van der Waals surface area (Å²) in [5.41, 5.74) is 2.95. The van der Waals surface area contributed by atoms with Crippen molar-refractivity contribution in [3.05, 3.63) is 58.9 Å². The lowest BCUT2D eigenvalue weighted by molar-refractivity contribution is -0.142. The van der Waals surface area contributed by atoms with Crippen LogP contribution >= 0.6 is 11.6 Å². The minimum Gasteiger partial charge on any atom is -0.466 e. The number of pyridine rings is 1. The number of imidazole rings is 1. The molecule has 0 aliphatic heterocycles. The predicted octanol–water partition coefficient (Wildman–Crippen LogP) is 4.82. The second kappa shape index (κ2) is 7.44. The predicted molar refractivity (Wildman–Crippen MR) is 95.9 cm³/mol. The smallest absolute Gasteiger partial charge is 0.312 e. The number of hydrogen-bond donors (Lipinski definition) is 0. The molecule has 3 rings (SSSR count). The van der Waals surface area contributed by atoms with Gasteiger partial charge in [-0.1, -0.05) is 23.7 Å². The van der Waals surface area contributed by atoms with Crippen molar-refractivity contribution in [2.45, 2.75) is 20.3 Å². The average Bonchev–Trinajstić information content (AvgIpc) is 2.89. The lowest BCUT2D eigenvalue weighted by atomic mass is 10.2. The summed E-state index contributed by atoms with van der Waals surface area (Å²) in [5, 5.41) is 9.13. The Kier molecular flexibility index (Phi) is 5.09. The number of hydrogen-bond acceptors (Lipinski definition) is 5. The molecule has 0 aliphatic carbocycles. The molecular formula is C18H17ClN4O2. The Morgan fingerprint density at radius 1 is 1.28 bits per heavy atom. The molecule has 0 unspecified atom stereocenters. The van der Waals surface area contributed by atoms with Gasteiger partial charge in [0.1, 0.15) is 5.65 Å². The molecular weight excluding hydrogens is 340 g/mol. The van der Waals surface area contributed by atoms with E-state index in [1.807, 2.05) is 31.2 Å².